The first-order valence-corrected chi connectivity index (χ1v) is 14.9. The van der Waals surface area contributed by atoms with Gasteiger partial charge >= 0.3 is 0 Å². The summed E-state index contributed by atoms with van der Waals surface area (Å²) in [5.74, 6) is 1.86. The van der Waals surface area contributed by atoms with E-state index in [9.17, 15) is 10.2 Å². The molecule has 4 rings (SSSR count). The van der Waals surface area contributed by atoms with Crippen molar-refractivity contribution in [3.63, 3.8) is 0 Å². The highest BCUT2D eigenvalue weighted by Gasteiger charge is 2.45. The maximum absolute atomic E-state index is 10.2. The van der Waals surface area contributed by atoms with E-state index in [2.05, 4.69) is 64.6 Å². The van der Waals surface area contributed by atoms with Gasteiger partial charge in [-0.05, 0) is 91.9 Å². The van der Waals surface area contributed by atoms with Gasteiger partial charge in [0.15, 0.2) is 5.75 Å². The number of nitrogens with zero attached hydrogens (tertiary/aromatic N) is 1. The Labute approximate surface area is 236 Å². The Kier molecular flexibility index (Phi) is 9.39. The Balaban J connectivity index is 1.39. The number of aliphatic hydroxyl groups excluding tert-OH is 2. The molecule has 0 saturated heterocycles. The van der Waals surface area contributed by atoms with Crippen molar-refractivity contribution in [2.24, 2.45) is 27.8 Å². The molecule has 2 saturated carbocycles. The van der Waals surface area contributed by atoms with Gasteiger partial charge < -0.3 is 15.1 Å². The molecule has 212 valence electrons. The van der Waals surface area contributed by atoms with E-state index in [1.54, 1.807) is 5.57 Å². The van der Waals surface area contributed by atoms with Crippen LogP contribution in [0.5, 0.6) is 5.75 Å². The number of benzene rings is 1. The maximum atomic E-state index is 10.2. The highest BCUT2D eigenvalue weighted by molar-refractivity contribution is 5.88. The van der Waals surface area contributed by atoms with Crippen molar-refractivity contribution in [3.8, 4) is 5.75 Å². The van der Waals surface area contributed by atoms with E-state index in [0.717, 1.165) is 54.7 Å². The lowest BCUT2D eigenvalue weighted by Crippen LogP contribution is -2.32. The number of allylic oxidation sites excluding steroid dienone is 5. The van der Waals surface area contributed by atoms with Crippen molar-refractivity contribution < 1.29 is 15.1 Å². The maximum Gasteiger partial charge on any atom is 0.157 e. The minimum atomic E-state index is -0.635. The van der Waals surface area contributed by atoms with E-state index < -0.39 is 12.2 Å². The average Bonchev–Trinajstić information content (AvgIpc) is 3.24. The summed E-state index contributed by atoms with van der Waals surface area (Å²) in [6.45, 7) is 15.6. The van der Waals surface area contributed by atoms with Gasteiger partial charge in [-0.25, -0.2) is 0 Å². The zero-order valence-electron chi connectivity index (χ0n) is 24.7. The van der Waals surface area contributed by atoms with Crippen LogP contribution in [0.2, 0.25) is 0 Å². The summed E-state index contributed by atoms with van der Waals surface area (Å²) in [6, 6.07) is 9.80. The van der Waals surface area contributed by atoms with Gasteiger partial charge in [0.2, 0.25) is 0 Å². The summed E-state index contributed by atoms with van der Waals surface area (Å²) < 4.78 is 0. The number of hydrogen-bond donors (Lipinski definition) is 2. The smallest absolute Gasteiger partial charge is 0.157 e. The Bertz CT molecular complexity index is 1140. The number of aliphatic hydroxyl groups is 2. The number of rotatable bonds is 8. The first kappa shape index (κ1) is 29.6. The van der Waals surface area contributed by atoms with Crippen molar-refractivity contribution >= 4 is 5.71 Å². The number of fused-ring (bicyclic) bond motifs is 1. The average molecular weight is 532 g/mol. The quantitative estimate of drug-likeness (QED) is 0.201. The molecule has 0 amide bonds. The van der Waals surface area contributed by atoms with E-state index >= 15 is 0 Å². The minimum Gasteiger partial charge on any atom is -0.393 e. The molecule has 0 unspecified atom stereocenters. The first-order valence-electron chi connectivity index (χ1n) is 14.9. The fourth-order valence-electron chi connectivity index (χ4n) is 6.96. The van der Waals surface area contributed by atoms with Crippen LogP contribution in [0.3, 0.4) is 0 Å². The molecular formula is C35H49NO3. The topological polar surface area (TPSA) is 62.0 Å². The van der Waals surface area contributed by atoms with Crippen LogP contribution in [-0.4, -0.2) is 28.1 Å². The van der Waals surface area contributed by atoms with Gasteiger partial charge in [0.1, 0.15) is 0 Å². The Morgan fingerprint density at radius 3 is 2.67 bits per heavy atom. The molecule has 3 aliphatic carbocycles. The molecule has 0 spiro atoms. The van der Waals surface area contributed by atoms with Gasteiger partial charge in [-0.2, -0.15) is 0 Å². The predicted octanol–water partition coefficient (Wildman–Crippen LogP) is 8.34. The molecule has 4 nitrogen and oxygen atoms in total. The second-order valence-corrected chi connectivity index (χ2v) is 13.3. The van der Waals surface area contributed by atoms with Crippen LogP contribution in [0.4, 0.5) is 0 Å². The molecule has 1 aromatic carbocycles. The zero-order chi connectivity index (χ0) is 28.2. The lowest BCUT2D eigenvalue weighted by molar-refractivity contribution is 0.0862. The largest absolute Gasteiger partial charge is 0.393 e. The second kappa shape index (κ2) is 12.4. The molecule has 39 heavy (non-hydrogen) atoms. The molecule has 3 aliphatic rings. The van der Waals surface area contributed by atoms with Gasteiger partial charge in [-0.1, -0.05) is 93.9 Å². The Hall–Kier alpha value is -2.43. The lowest BCUT2D eigenvalue weighted by atomic mass is 9.62. The van der Waals surface area contributed by atoms with Gasteiger partial charge in [0, 0.05) is 11.8 Å². The number of oxime groups is 1. The van der Waals surface area contributed by atoms with Gasteiger partial charge in [0.25, 0.3) is 0 Å². The summed E-state index contributed by atoms with van der Waals surface area (Å²) in [5.41, 5.74) is 6.19. The summed E-state index contributed by atoms with van der Waals surface area (Å²) in [5, 5.41) is 24.9. The van der Waals surface area contributed by atoms with Gasteiger partial charge in [0.05, 0.1) is 17.9 Å². The van der Waals surface area contributed by atoms with Gasteiger partial charge in [-0.3, -0.25) is 0 Å². The number of hydrogen-bond acceptors (Lipinski definition) is 4. The molecular weight excluding hydrogens is 482 g/mol. The van der Waals surface area contributed by atoms with Crippen molar-refractivity contribution in [3.05, 3.63) is 77.4 Å². The highest BCUT2D eigenvalue weighted by atomic mass is 16.6. The molecule has 0 aliphatic heterocycles. The minimum absolute atomic E-state index is 0.0327. The standard InChI is InChI=1S/C35H49NO3/c1-24(12-10-16-33(34(3,4)5)36-39-29-14-8-7-9-15-29)30-19-20-31-26(13-11-21-35(30,31)6)17-18-27-22-28(37)23-32(38)25(27)2/h7-9,14-15,17-19,24,28,31-32,37-38H,2,10-13,16,20-23H2,1,3-6H3/b26-17+,27-18-,36-33-/t24-,28+,31+,32-,35-/m1/s1. The molecule has 2 N–H and O–H groups in total. The SMILES string of the molecule is C=C1/C(=C\C=C2/CCC[C@]3(C)C([C@H](C)CCC/C(=N/Oc4ccccc4)C(C)(C)C)=CC[C@@H]23)C[C@H](O)C[C@H]1O. The van der Waals surface area contributed by atoms with Crippen molar-refractivity contribution in [2.45, 2.75) is 105 Å². The fraction of sp³-hybridized carbons (Fsp3) is 0.571. The van der Waals surface area contributed by atoms with E-state index in [1.165, 1.54) is 18.4 Å². The summed E-state index contributed by atoms with van der Waals surface area (Å²) in [4.78, 5) is 5.77. The monoisotopic (exact) mass is 531 g/mol. The third-order valence-electron chi connectivity index (χ3n) is 9.33. The van der Waals surface area contributed by atoms with Crippen LogP contribution in [-0.2, 0) is 0 Å². The van der Waals surface area contributed by atoms with Crippen LogP contribution < -0.4 is 4.84 Å². The molecule has 2 fully saturated rings. The second-order valence-electron chi connectivity index (χ2n) is 13.3. The first-order chi connectivity index (χ1) is 18.5. The molecule has 0 radical (unpaired) electrons. The van der Waals surface area contributed by atoms with E-state index in [1.807, 2.05) is 30.3 Å². The Morgan fingerprint density at radius 1 is 1.21 bits per heavy atom. The highest BCUT2D eigenvalue weighted by Crippen LogP contribution is 2.57. The van der Waals surface area contributed by atoms with Crippen LogP contribution in [0.1, 0.15) is 92.4 Å². The third-order valence-corrected chi connectivity index (χ3v) is 9.33. The van der Waals surface area contributed by atoms with Crippen LogP contribution in [0.25, 0.3) is 0 Å². The van der Waals surface area contributed by atoms with Crippen molar-refractivity contribution in [1.82, 2.24) is 0 Å². The fourth-order valence-corrected chi connectivity index (χ4v) is 6.96. The van der Waals surface area contributed by atoms with E-state index in [-0.39, 0.29) is 10.8 Å². The van der Waals surface area contributed by atoms with Crippen molar-refractivity contribution in [1.29, 1.82) is 0 Å². The third kappa shape index (κ3) is 7.02. The summed E-state index contributed by atoms with van der Waals surface area (Å²) in [6.07, 6.45) is 14.7. The summed E-state index contributed by atoms with van der Waals surface area (Å²) in [7, 11) is 0. The molecule has 1 aromatic rings. The summed E-state index contributed by atoms with van der Waals surface area (Å²) >= 11 is 0. The predicted molar refractivity (Wildman–Crippen MR) is 162 cm³/mol. The van der Waals surface area contributed by atoms with Crippen LogP contribution in [0.15, 0.2) is 82.6 Å². The van der Waals surface area contributed by atoms with Gasteiger partial charge in [-0.15, -0.1) is 0 Å². The zero-order valence-corrected chi connectivity index (χ0v) is 24.7. The van der Waals surface area contributed by atoms with E-state index in [0.29, 0.717) is 24.7 Å². The Morgan fingerprint density at radius 2 is 1.95 bits per heavy atom. The van der Waals surface area contributed by atoms with Crippen molar-refractivity contribution in [2.75, 3.05) is 0 Å². The van der Waals surface area contributed by atoms with Crippen LogP contribution in [0, 0.1) is 22.7 Å². The molecule has 4 heteroatoms. The van der Waals surface area contributed by atoms with Crippen LogP contribution >= 0.6 is 0 Å². The lowest BCUT2D eigenvalue weighted by Gasteiger charge is -2.42. The molecule has 0 aromatic heterocycles. The molecule has 0 bridgehead atoms. The normalized spacial score (nSPS) is 30.8. The molecule has 5 atom stereocenters. The molecule has 0 heterocycles. The number of para-hydroxylation sites is 1. The van der Waals surface area contributed by atoms with E-state index in [4.69, 9.17) is 4.84 Å².